The lowest BCUT2D eigenvalue weighted by Gasteiger charge is -1.97. The van der Waals surface area contributed by atoms with Gasteiger partial charge in [0.25, 0.3) is 0 Å². The van der Waals surface area contributed by atoms with E-state index < -0.39 is 0 Å². The quantitative estimate of drug-likeness (QED) is 0.365. The molecule has 0 saturated heterocycles. The monoisotopic (exact) mass is 340 g/mol. The van der Waals surface area contributed by atoms with Crippen molar-refractivity contribution in [3.63, 3.8) is 0 Å². The fourth-order valence-corrected chi connectivity index (χ4v) is 3.16. The molecular weight excluding hydrogens is 324 g/mol. The van der Waals surface area contributed by atoms with Crippen LogP contribution in [-0.4, -0.2) is 19.9 Å². The fraction of sp³-hybridized carbons (Fsp3) is 0. The number of nitrogens with one attached hydrogen (secondary N) is 2. The first-order chi connectivity index (χ1) is 12.7. The van der Waals surface area contributed by atoms with Gasteiger partial charge in [-0.3, -0.25) is 0 Å². The van der Waals surface area contributed by atoms with E-state index in [4.69, 9.17) is 11.5 Å². The van der Waals surface area contributed by atoms with Crippen LogP contribution in [0, 0.1) is 0 Å². The number of nitrogens with zero attached hydrogens (tertiary/aromatic N) is 2. The van der Waals surface area contributed by atoms with Gasteiger partial charge in [-0.1, -0.05) is 24.3 Å². The van der Waals surface area contributed by atoms with Gasteiger partial charge >= 0.3 is 0 Å². The molecule has 6 N–H and O–H groups in total. The van der Waals surface area contributed by atoms with Gasteiger partial charge in [-0.15, -0.1) is 0 Å². The molecule has 26 heavy (non-hydrogen) atoms. The molecule has 0 fully saturated rings. The highest BCUT2D eigenvalue weighted by molar-refractivity contribution is 5.94. The Morgan fingerprint density at radius 3 is 1.58 bits per heavy atom. The highest BCUT2D eigenvalue weighted by atomic mass is 15.0. The zero-order valence-electron chi connectivity index (χ0n) is 13.8. The highest BCUT2D eigenvalue weighted by Gasteiger charge is 2.11. The average Bonchev–Trinajstić information content (AvgIpc) is 3.22. The van der Waals surface area contributed by atoms with Gasteiger partial charge in [-0.25, -0.2) is 9.97 Å². The first-order valence-corrected chi connectivity index (χ1v) is 8.27. The average molecular weight is 340 g/mol. The third-order valence-corrected chi connectivity index (χ3v) is 4.40. The Labute approximate surface area is 148 Å². The predicted molar refractivity (Wildman–Crippen MR) is 105 cm³/mol. The molecule has 126 valence electrons. The van der Waals surface area contributed by atoms with Crippen LogP contribution in [0.4, 0.5) is 11.4 Å². The van der Waals surface area contributed by atoms with Gasteiger partial charge in [0.15, 0.2) is 0 Å². The Morgan fingerprint density at radius 1 is 0.615 bits per heavy atom. The number of H-pyrrole nitrogens is 2. The molecule has 3 aromatic carbocycles. The lowest BCUT2D eigenvalue weighted by Crippen LogP contribution is -1.86. The standard InChI is InChI=1S/C20H16N6/c21-13-5-1-3-11(7-13)19-23-15-9-17-18(10-16(15)24-19)26-20(25-17)12-4-2-6-14(22)8-12/h1-10H,21-22H2,(H,23,24)(H,25,26). The van der Waals surface area contributed by atoms with Gasteiger partial charge in [0.1, 0.15) is 11.6 Å². The van der Waals surface area contributed by atoms with E-state index in [-0.39, 0.29) is 0 Å². The summed E-state index contributed by atoms with van der Waals surface area (Å²) < 4.78 is 0. The minimum absolute atomic E-state index is 0.712. The lowest BCUT2D eigenvalue weighted by molar-refractivity contribution is 1.33. The summed E-state index contributed by atoms with van der Waals surface area (Å²) in [5, 5.41) is 0. The Bertz CT molecular complexity index is 1120. The number of aromatic amines is 2. The fourth-order valence-electron chi connectivity index (χ4n) is 3.16. The molecule has 0 aliphatic carbocycles. The topological polar surface area (TPSA) is 109 Å². The molecule has 0 aliphatic rings. The minimum atomic E-state index is 0.712. The van der Waals surface area contributed by atoms with Crippen LogP contribution in [0.2, 0.25) is 0 Å². The molecule has 0 amide bonds. The number of imidazole rings is 2. The molecule has 6 nitrogen and oxygen atoms in total. The van der Waals surface area contributed by atoms with Crippen LogP contribution in [0.3, 0.4) is 0 Å². The maximum absolute atomic E-state index is 5.87. The first kappa shape index (κ1) is 14.5. The number of fused-ring (bicyclic) bond motifs is 2. The molecule has 5 aromatic rings. The van der Waals surface area contributed by atoms with Crippen molar-refractivity contribution in [1.29, 1.82) is 0 Å². The summed E-state index contributed by atoms with van der Waals surface area (Å²) in [7, 11) is 0. The maximum atomic E-state index is 5.87. The van der Waals surface area contributed by atoms with E-state index in [0.29, 0.717) is 11.4 Å². The van der Waals surface area contributed by atoms with Crippen molar-refractivity contribution in [3.8, 4) is 22.8 Å². The summed E-state index contributed by atoms with van der Waals surface area (Å²) in [5.41, 5.74) is 18.7. The lowest BCUT2D eigenvalue weighted by atomic mass is 10.2. The van der Waals surface area contributed by atoms with E-state index in [2.05, 4.69) is 19.9 Å². The van der Waals surface area contributed by atoms with Crippen molar-refractivity contribution in [2.45, 2.75) is 0 Å². The van der Waals surface area contributed by atoms with Crippen LogP contribution in [0.15, 0.2) is 60.7 Å². The summed E-state index contributed by atoms with van der Waals surface area (Å²) in [4.78, 5) is 16.1. The smallest absolute Gasteiger partial charge is 0.138 e. The van der Waals surface area contributed by atoms with Crippen molar-refractivity contribution in [3.05, 3.63) is 60.7 Å². The number of aromatic nitrogens is 4. The van der Waals surface area contributed by atoms with Gasteiger partial charge in [0.05, 0.1) is 22.1 Å². The molecule has 0 radical (unpaired) electrons. The summed E-state index contributed by atoms with van der Waals surface area (Å²) >= 11 is 0. The number of anilines is 2. The molecule has 0 aliphatic heterocycles. The van der Waals surface area contributed by atoms with E-state index in [9.17, 15) is 0 Å². The third-order valence-electron chi connectivity index (χ3n) is 4.40. The number of hydrogen-bond acceptors (Lipinski definition) is 4. The SMILES string of the molecule is Nc1cccc(-c2nc3cc4nc(-c5cccc(N)c5)[nH]c4cc3[nH]2)c1. The van der Waals surface area contributed by atoms with Gasteiger partial charge in [-0.05, 0) is 36.4 Å². The Morgan fingerprint density at radius 2 is 1.12 bits per heavy atom. The number of nitrogens with two attached hydrogens (primary N) is 2. The summed E-state index contributed by atoms with van der Waals surface area (Å²) in [5.74, 6) is 1.58. The third kappa shape index (κ3) is 2.36. The summed E-state index contributed by atoms with van der Waals surface area (Å²) in [6, 6.07) is 19.3. The van der Waals surface area contributed by atoms with E-state index in [1.807, 2.05) is 60.7 Å². The van der Waals surface area contributed by atoms with Gasteiger partial charge in [0, 0.05) is 22.5 Å². The molecule has 2 aromatic heterocycles. The largest absolute Gasteiger partial charge is 0.399 e. The molecular formula is C20H16N6. The number of hydrogen-bond donors (Lipinski definition) is 4. The van der Waals surface area contributed by atoms with Crippen LogP contribution in [0.5, 0.6) is 0 Å². The Hall–Kier alpha value is -3.80. The molecule has 0 atom stereocenters. The number of nitrogen functional groups attached to an aromatic ring is 2. The van der Waals surface area contributed by atoms with E-state index in [1.54, 1.807) is 0 Å². The molecule has 5 rings (SSSR count). The first-order valence-electron chi connectivity index (χ1n) is 8.27. The van der Waals surface area contributed by atoms with Gasteiger partial charge < -0.3 is 21.4 Å². The number of benzene rings is 3. The summed E-state index contributed by atoms with van der Waals surface area (Å²) in [6.45, 7) is 0. The van der Waals surface area contributed by atoms with Gasteiger partial charge in [-0.2, -0.15) is 0 Å². The van der Waals surface area contributed by atoms with E-state index >= 15 is 0 Å². The number of rotatable bonds is 2. The van der Waals surface area contributed by atoms with Gasteiger partial charge in [0.2, 0.25) is 0 Å². The highest BCUT2D eigenvalue weighted by Crippen LogP contribution is 2.27. The van der Waals surface area contributed by atoms with E-state index in [0.717, 1.165) is 44.8 Å². The Balaban J connectivity index is 1.63. The molecule has 0 saturated carbocycles. The van der Waals surface area contributed by atoms with Crippen LogP contribution >= 0.6 is 0 Å². The molecule has 0 unspecified atom stereocenters. The predicted octanol–water partition coefficient (Wildman–Crippen LogP) is 3.94. The molecule has 0 bridgehead atoms. The zero-order valence-corrected chi connectivity index (χ0v) is 13.8. The second kappa shape index (κ2) is 5.35. The van der Waals surface area contributed by atoms with Crippen molar-refractivity contribution in [1.82, 2.24) is 19.9 Å². The molecule has 2 heterocycles. The summed E-state index contributed by atoms with van der Waals surface area (Å²) in [6.07, 6.45) is 0. The van der Waals surface area contributed by atoms with Crippen molar-refractivity contribution >= 4 is 33.4 Å². The molecule has 6 heteroatoms. The molecule has 0 spiro atoms. The van der Waals surface area contributed by atoms with Crippen molar-refractivity contribution < 1.29 is 0 Å². The minimum Gasteiger partial charge on any atom is -0.399 e. The van der Waals surface area contributed by atoms with Crippen LogP contribution < -0.4 is 11.5 Å². The van der Waals surface area contributed by atoms with Crippen LogP contribution in [-0.2, 0) is 0 Å². The second-order valence-electron chi connectivity index (χ2n) is 6.31. The van der Waals surface area contributed by atoms with Crippen molar-refractivity contribution in [2.24, 2.45) is 0 Å². The zero-order chi connectivity index (χ0) is 17.7. The Kier molecular flexibility index (Phi) is 2.99. The second-order valence-corrected chi connectivity index (χ2v) is 6.31. The van der Waals surface area contributed by atoms with E-state index in [1.165, 1.54) is 0 Å². The van der Waals surface area contributed by atoms with Crippen LogP contribution in [0.1, 0.15) is 0 Å². The van der Waals surface area contributed by atoms with Crippen LogP contribution in [0.25, 0.3) is 44.8 Å². The maximum Gasteiger partial charge on any atom is 0.138 e. The van der Waals surface area contributed by atoms with Crippen molar-refractivity contribution in [2.75, 3.05) is 11.5 Å². The normalized spacial score (nSPS) is 11.4.